The third-order valence-corrected chi connectivity index (χ3v) is 0.992. The minimum absolute atomic E-state index is 0.198. The van der Waals surface area contributed by atoms with Crippen LogP contribution in [0.2, 0.25) is 0 Å². The van der Waals surface area contributed by atoms with Gasteiger partial charge in [0.2, 0.25) is 0 Å². The number of rotatable bonds is 1. The number of nitrogens with zero attached hydrogens (tertiary/aromatic N) is 1. The van der Waals surface area contributed by atoms with Crippen molar-refractivity contribution in [2.45, 2.75) is 0 Å². The van der Waals surface area contributed by atoms with E-state index in [1.807, 2.05) is 0 Å². The molecule has 0 amide bonds. The first kappa shape index (κ1) is 5.03. The lowest BCUT2D eigenvalue weighted by Gasteiger charge is -1.94. The zero-order chi connectivity index (χ0) is 5.11. The highest BCUT2D eigenvalue weighted by Crippen LogP contribution is 2.00. The number of hydrogen-bond donors (Lipinski definition) is 1. The Morgan fingerprint density at radius 2 is 2.71 bits per heavy atom. The Labute approximate surface area is 42.2 Å². The summed E-state index contributed by atoms with van der Waals surface area (Å²) >= 11 is 0. The van der Waals surface area contributed by atoms with E-state index in [1.54, 1.807) is 0 Å². The van der Waals surface area contributed by atoms with Gasteiger partial charge in [0.1, 0.15) is 0 Å². The zero-order valence-electron chi connectivity index (χ0n) is 4.00. The molecule has 41 valence electrons. The van der Waals surface area contributed by atoms with Gasteiger partial charge < -0.3 is 5.11 Å². The van der Waals surface area contributed by atoms with Gasteiger partial charge in [-0.15, -0.1) is 0 Å². The topological polar surface area (TPSA) is 43.6 Å². The van der Waals surface area contributed by atoms with Gasteiger partial charge in [0.25, 0.3) is 0 Å². The van der Waals surface area contributed by atoms with Crippen LogP contribution in [0.5, 0.6) is 0 Å². The number of hydroxylamine groups is 1. The molecule has 7 heavy (non-hydrogen) atoms. The van der Waals surface area contributed by atoms with Crippen LogP contribution in [0.4, 0.5) is 0 Å². The Bertz CT molecular complexity index is 51.7. The van der Waals surface area contributed by atoms with E-state index in [-0.39, 0.29) is 12.5 Å². The Balaban J connectivity index is 2.14. The van der Waals surface area contributed by atoms with Gasteiger partial charge in [-0.1, -0.05) is 5.48 Å². The van der Waals surface area contributed by atoms with Crippen molar-refractivity contribution in [2.24, 2.45) is 5.92 Å². The van der Waals surface area contributed by atoms with E-state index in [1.165, 1.54) is 0 Å². The summed E-state index contributed by atoms with van der Waals surface area (Å²) in [5, 5.41) is 8.43. The van der Waals surface area contributed by atoms with Gasteiger partial charge in [0.15, 0.2) is 0 Å². The Morgan fingerprint density at radius 1 is 1.86 bits per heavy atom. The second kappa shape index (κ2) is 2.26. The Hall–Kier alpha value is -0.120. The van der Waals surface area contributed by atoms with Gasteiger partial charge in [0, 0.05) is 19.1 Å². The molecule has 1 saturated heterocycles. The van der Waals surface area contributed by atoms with Gasteiger partial charge in [-0.2, -0.15) is 0 Å². The quantitative estimate of drug-likeness (QED) is 0.468. The number of aliphatic hydroxyl groups excluding tert-OH is 1. The summed E-state index contributed by atoms with van der Waals surface area (Å²) in [5.74, 6) is 0.264. The molecule has 1 aliphatic rings. The first-order valence-electron chi connectivity index (χ1n) is 2.33. The monoisotopic (exact) mass is 102 g/mol. The molecule has 1 rings (SSSR count). The van der Waals surface area contributed by atoms with E-state index in [2.05, 4.69) is 10.3 Å². The molecule has 1 radical (unpaired) electrons. The molecule has 0 aliphatic carbocycles. The van der Waals surface area contributed by atoms with Crippen molar-refractivity contribution >= 4 is 0 Å². The highest BCUT2D eigenvalue weighted by molar-refractivity contribution is 4.59. The van der Waals surface area contributed by atoms with Gasteiger partial charge in [-0.05, 0) is 0 Å². The summed E-state index contributed by atoms with van der Waals surface area (Å²) in [7, 11) is 0. The predicted octanol–water partition coefficient (Wildman–Crippen LogP) is -0.856. The van der Waals surface area contributed by atoms with Crippen LogP contribution in [0.15, 0.2) is 0 Å². The Morgan fingerprint density at radius 3 is 3.00 bits per heavy atom. The summed E-state index contributed by atoms with van der Waals surface area (Å²) in [4.78, 5) is 4.61. The largest absolute Gasteiger partial charge is 0.396 e. The second-order valence-electron chi connectivity index (χ2n) is 1.66. The van der Waals surface area contributed by atoms with Gasteiger partial charge in [-0.25, -0.2) is 0 Å². The van der Waals surface area contributed by atoms with Crippen LogP contribution >= 0.6 is 0 Å². The van der Waals surface area contributed by atoms with E-state index < -0.39 is 0 Å². The van der Waals surface area contributed by atoms with Crippen molar-refractivity contribution < 1.29 is 9.94 Å². The van der Waals surface area contributed by atoms with Crippen molar-refractivity contribution in [1.82, 2.24) is 5.48 Å². The van der Waals surface area contributed by atoms with Crippen LogP contribution in [0.1, 0.15) is 0 Å². The van der Waals surface area contributed by atoms with E-state index in [4.69, 9.17) is 5.11 Å². The van der Waals surface area contributed by atoms with E-state index in [0.29, 0.717) is 13.2 Å². The smallest absolute Gasteiger partial charge is 0.0766 e. The summed E-state index contributed by atoms with van der Waals surface area (Å²) in [6, 6.07) is 0. The average Bonchev–Trinajstić information content (AvgIpc) is 2.14. The lowest BCUT2D eigenvalue weighted by molar-refractivity contribution is 0.0841. The van der Waals surface area contributed by atoms with Crippen molar-refractivity contribution in [1.29, 1.82) is 0 Å². The van der Waals surface area contributed by atoms with E-state index in [0.717, 1.165) is 0 Å². The summed E-state index contributed by atoms with van der Waals surface area (Å²) in [5.41, 5.74) is 3.58. The maximum atomic E-state index is 8.43. The molecule has 0 aromatic carbocycles. The van der Waals surface area contributed by atoms with Crippen LogP contribution in [0.25, 0.3) is 0 Å². The van der Waals surface area contributed by atoms with Crippen molar-refractivity contribution in [3.63, 3.8) is 0 Å². The molecular weight excluding hydrogens is 94.0 g/mol. The molecule has 3 nitrogen and oxygen atoms in total. The number of hydrogen-bond acceptors (Lipinski definition) is 2. The van der Waals surface area contributed by atoms with Gasteiger partial charge >= 0.3 is 0 Å². The fourth-order valence-electron chi connectivity index (χ4n) is 0.479. The molecule has 0 saturated carbocycles. The maximum absolute atomic E-state index is 8.43. The molecule has 0 spiro atoms. The molecule has 1 atom stereocenters. The van der Waals surface area contributed by atoms with Crippen LogP contribution in [-0.2, 0) is 4.84 Å². The lowest BCUT2D eigenvalue weighted by Crippen LogP contribution is -2.08. The summed E-state index contributed by atoms with van der Waals surface area (Å²) in [6.07, 6.45) is 0. The molecule has 1 aliphatic heterocycles. The molecule has 0 aromatic heterocycles. The molecule has 0 bridgehead atoms. The summed E-state index contributed by atoms with van der Waals surface area (Å²) in [6.45, 7) is 1.45. The highest BCUT2D eigenvalue weighted by Gasteiger charge is 2.14. The van der Waals surface area contributed by atoms with Crippen LogP contribution in [0.3, 0.4) is 0 Å². The standard InChI is InChI=1S/C4H8NO2/c6-2-4-1-5-7-3-4/h4,6H,1-3H2. The van der Waals surface area contributed by atoms with Crippen LogP contribution in [-0.4, -0.2) is 24.9 Å². The van der Waals surface area contributed by atoms with Gasteiger partial charge in [-0.3, -0.25) is 4.84 Å². The SMILES string of the molecule is OCC1C[N]OC1. The van der Waals surface area contributed by atoms with E-state index >= 15 is 0 Å². The zero-order valence-corrected chi connectivity index (χ0v) is 4.00. The third-order valence-electron chi connectivity index (χ3n) is 0.992. The first-order chi connectivity index (χ1) is 3.43. The van der Waals surface area contributed by atoms with Crippen molar-refractivity contribution in [2.75, 3.05) is 19.8 Å². The lowest BCUT2D eigenvalue weighted by atomic mass is 10.2. The molecule has 1 fully saturated rings. The molecule has 0 aromatic rings. The average molecular weight is 102 g/mol. The second-order valence-corrected chi connectivity index (χ2v) is 1.66. The van der Waals surface area contributed by atoms with Crippen LogP contribution in [0, 0.1) is 5.92 Å². The predicted molar refractivity (Wildman–Crippen MR) is 23.5 cm³/mol. The van der Waals surface area contributed by atoms with Crippen molar-refractivity contribution in [3.8, 4) is 0 Å². The molecular formula is C4H8NO2. The summed E-state index contributed by atoms with van der Waals surface area (Å²) < 4.78 is 0. The normalized spacial score (nSPS) is 31.3. The minimum Gasteiger partial charge on any atom is -0.396 e. The van der Waals surface area contributed by atoms with Crippen LogP contribution < -0.4 is 5.48 Å². The fourth-order valence-corrected chi connectivity index (χ4v) is 0.479. The van der Waals surface area contributed by atoms with Gasteiger partial charge in [0.05, 0.1) is 6.61 Å². The fraction of sp³-hybridized carbons (Fsp3) is 1.00. The molecule has 1 N–H and O–H groups in total. The Kier molecular flexibility index (Phi) is 1.62. The number of aliphatic hydroxyl groups is 1. The van der Waals surface area contributed by atoms with E-state index in [9.17, 15) is 0 Å². The third kappa shape index (κ3) is 1.12. The maximum Gasteiger partial charge on any atom is 0.0766 e. The first-order valence-corrected chi connectivity index (χ1v) is 2.33. The molecule has 3 heteroatoms. The minimum atomic E-state index is 0.198. The highest BCUT2D eigenvalue weighted by atomic mass is 16.7. The van der Waals surface area contributed by atoms with Crippen molar-refractivity contribution in [3.05, 3.63) is 0 Å². The molecule has 1 heterocycles. The molecule has 1 unspecified atom stereocenters.